The van der Waals surface area contributed by atoms with Gasteiger partial charge in [-0.1, -0.05) is 12.1 Å². The second kappa shape index (κ2) is 5.81. The molecule has 0 saturated carbocycles. The van der Waals surface area contributed by atoms with Crippen molar-refractivity contribution >= 4 is 0 Å². The summed E-state index contributed by atoms with van der Waals surface area (Å²) in [4.78, 5) is 2.40. The van der Waals surface area contributed by atoms with Gasteiger partial charge >= 0.3 is 0 Å². The molecule has 1 fully saturated rings. The van der Waals surface area contributed by atoms with Crippen LogP contribution in [0, 0.1) is 11.7 Å². The van der Waals surface area contributed by atoms with Crippen molar-refractivity contribution in [3.63, 3.8) is 0 Å². The van der Waals surface area contributed by atoms with Crippen LogP contribution in [0.1, 0.15) is 38.4 Å². The maximum absolute atomic E-state index is 12.9. The SMILES string of the molecule is CC(C)N1CCCC(C(O)c2ccc(F)cc2)C1. The fourth-order valence-corrected chi connectivity index (χ4v) is 2.70. The summed E-state index contributed by atoms with van der Waals surface area (Å²) in [6, 6.07) is 6.74. The first kappa shape index (κ1) is 13.5. The molecule has 1 saturated heterocycles. The van der Waals surface area contributed by atoms with E-state index in [2.05, 4.69) is 18.7 Å². The molecule has 18 heavy (non-hydrogen) atoms. The van der Waals surface area contributed by atoms with Crippen LogP contribution in [0.5, 0.6) is 0 Å². The molecule has 1 heterocycles. The first-order chi connectivity index (χ1) is 8.58. The van der Waals surface area contributed by atoms with Gasteiger partial charge in [-0.2, -0.15) is 0 Å². The van der Waals surface area contributed by atoms with Crippen molar-refractivity contribution in [3.05, 3.63) is 35.6 Å². The number of benzene rings is 1. The van der Waals surface area contributed by atoms with Crippen LogP contribution in [0.25, 0.3) is 0 Å². The van der Waals surface area contributed by atoms with E-state index in [1.807, 2.05) is 0 Å². The Bertz CT molecular complexity index is 377. The average molecular weight is 251 g/mol. The zero-order valence-electron chi connectivity index (χ0n) is 11.1. The molecule has 1 aromatic rings. The van der Waals surface area contributed by atoms with Gasteiger partial charge in [-0.15, -0.1) is 0 Å². The number of rotatable bonds is 3. The molecular formula is C15H22FNO. The molecule has 0 spiro atoms. The van der Waals surface area contributed by atoms with E-state index < -0.39 is 6.10 Å². The minimum absolute atomic E-state index is 0.251. The largest absolute Gasteiger partial charge is 0.388 e. The highest BCUT2D eigenvalue weighted by atomic mass is 19.1. The number of hydrogen-bond acceptors (Lipinski definition) is 2. The predicted molar refractivity (Wildman–Crippen MR) is 70.8 cm³/mol. The molecule has 1 aromatic carbocycles. The molecule has 1 aliphatic heterocycles. The highest BCUT2D eigenvalue weighted by Gasteiger charge is 2.27. The Balaban J connectivity index is 2.04. The third-order valence-electron chi connectivity index (χ3n) is 3.88. The summed E-state index contributed by atoms with van der Waals surface area (Å²) in [5, 5.41) is 10.4. The summed E-state index contributed by atoms with van der Waals surface area (Å²) < 4.78 is 12.9. The number of halogens is 1. The molecule has 2 rings (SSSR count). The molecule has 100 valence electrons. The van der Waals surface area contributed by atoms with Crippen LogP contribution in [-0.4, -0.2) is 29.1 Å². The van der Waals surface area contributed by atoms with Crippen LogP contribution in [0.2, 0.25) is 0 Å². The average Bonchev–Trinajstić information content (AvgIpc) is 2.39. The minimum atomic E-state index is -0.479. The lowest BCUT2D eigenvalue weighted by molar-refractivity contribution is 0.0393. The summed E-state index contributed by atoms with van der Waals surface area (Å²) in [5.41, 5.74) is 0.826. The van der Waals surface area contributed by atoms with E-state index in [9.17, 15) is 9.50 Å². The Morgan fingerprint density at radius 3 is 2.56 bits per heavy atom. The topological polar surface area (TPSA) is 23.5 Å². The van der Waals surface area contributed by atoms with Gasteiger partial charge in [0.25, 0.3) is 0 Å². The number of nitrogens with zero attached hydrogens (tertiary/aromatic N) is 1. The van der Waals surface area contributed by atoms with Gasteiger partial charge in [0.05, 0.1) is 6.10 Å². The van der Waals surface area contributed by atoms with E-state index in [0.717, 1.165) is 31.5 Å². The molecule has 2 atom stereocenters. The van der Waals surface area contributed by atoms with Crippen molar-refractivity contribution < 1.29 is 9.50 Å². The van der Waals surface area contributed by atoms with E-state index in [0.29, 0.717) is 6.04 Å². The molecule has 0 bridgehead atoms. The third kappa shape index (κ3) is 3.09. The Kier molecular flexibility index (Phi) is 4.36. The third-order valence-corrected chi connectivity index (χ3v) is 3.88. The van der Waals surface area contributed by atoms with Crippen molar-refractivity contribution in [1.82, 2.24) is 4.90 Å². The van der Waals surface area contributed by atoms with Gasteiger partial charge in [0, 0.05) is 18.5 Å². The first-order valence-electron chi connectivity index (χ1n) is 6.75. The van der Waals surface area contributed by atoms with Crippen LogP contribution < -0.4 is 0 Å². The number of aliphatic hydroxyl groups excluding tert-OH is 1. The Morgan fingerprint density at radius 2 is 1.94 bits per heavy atom. The number of hydrogen-bond donors (Lipinski definition) is 1. The van der Waals surface area contributed by atoms with Gasteiger partial charge < -0.3 is 10.0 Å². The molecule has 2 nitrogen and oxygen atoms in total. The van der Waals surface area contributed by atoms with E-state index in [4.69, 9.17) is 0 Å². The van der Waals surface area contributed by atoms with Crippen LogP contribution in [0.4, 0.5) is 4.39 Å². The number of aliphatic hydroxyl groups is 1. The zero-order chi connectivity index (χ0) is 13.1. The van der Waals surface area contributed by atoms with Crippen molar-refractivity contribution in [3.8, 4) is 0 Å². The number of likely N-dealkylation sites (tertiary alicyclic amines) is 1. The van der Waals surface area contributed by atoms with E-state index in [1.165, 1.54) is 12.1 Å². The lowest BCUT2D eigenvalue weighted by Gasteiger charge is -2.37. The second-order valence-electron chi connectivity index (χ2n) is 5.49. The highest BCUT2D eigenvalue weighted by molar-refractivity contribution is 5.19. The monoisotopic (exact) mass is 251 g/mol. The Labute approximate surface area is 108 Å². The normalized spacial score (nSPS) is 23.3. The van der Waals surface area contributed by atoms with Crippen LogP contribution >= 0.6 is 0 Å². The van der Waals surface area contributed by atoms with Crippen molar-refractivity contribution in [2.24, 2.45) is 5.92 Å². The lowest BCUT2D eigenvalue weighted by atomic mass is 9.88. The maximum Gasteiger partial charge on any atom is 0.123 e. The van der Waals surface area contributed by atoms with Crippen LogP contribution in [-0.2, 0) is 0 Å². The van der Waals surface area contributed by atoms with Crippen molar-refractivity contribution in [1.29, 1.82) is 0 Å². The maximum atomic E-state index is 12.9. The number of piperidine rings is 1. The molecule has 3 heteroatoms. The summed E-state index contributed by atoms with van der Waals surface area (Å²) in [6.07, 6.45) is 1.69. The van der Waals surface area contributed by atoms with Crippen molar-refractivity contribution in [2.75, 3.05) is 13.1 Å². The molecule has 0 radical (unpaired) electrons. The molecule has 2 unspecified atom stereocenters. The van der Waals surface area contributed by atoms with Gasteiger partial charge in [0.2, 0.25) is 0 Å². The summed E-state index contributed by atoms with van der Waals surface area (Å²) in [6.45, 7) is 6.42. The molecule has 1 N–H and O–H groups in total. The summed E-state index contributed by atoms with van der Waals surface area (Å²) >= 11 is 0. The Hall–Kier alpha value is -0.930. The molecular weight excluding hydrogens is 229 g/mol. The molecule has 1 aliphatic rings. The van der Waals surface area contributed by atoms with Crippen LogP contribution in [0.3, 0.4) is 0 Å². The second-order valence-corrected chi connectivity index (χ2v) is 5.49. The fourth-order valence-electron chi connectivity index (χ4n) is 2.70. The minimum Gasteiger partial charge on any atom is -0.388 e. The summed E-state index contributed by atoms with van der Waals surface area (Å²) in [7, 11) is 0. The molecule has 0 aromatic heterocycles. The van der Waals surface area contributed by atoms with Gasteiger partial charge in [0.15, 0.2) is 0 Å². The Morgan fingerprint density at radius 1 is 1.28 bits per heavy atom. The van der Waals surface area contributed by atoms with Gasteiger partial charge in [0.1, 0.15) is 5.82 Å². The summed E-state index contributed by atoms with van der Waals surface area (Å²) in [5.74, 6) is 0.00464. The lowest BCUT2D eigenvalue weighted by Crippen LogP contribution is -2.41. The van der Waals surface area contributed by atoms with Crippen molar-refractivity contribution in [2.45, 2.75) is 38.8 Å². The molecule has 0 aliphatic carbocycles. The van der Waals surface area contributed by atoms with E-state index in [-0.39, 0.29) is 11.7 Å². The van der Waals surface area contributed by atoms with E-state index in [1.54, 1.807) is 12.1 Å². The first-order valence-corrected chi connectivity index (χ1v) is 6.75. The predicted octanol–water partition coefficient (Wildman–Crippen LogP) is 2.98. The smallest absolute Gasteiger partial charge is 0.123 e. The highest BCUT2D eigenvalue weighted by Crippen LogP contribution is 2.30. The van der Waals surface area contributed by atoms with Crippen LogP contribution in [0.15, 0.2) is 24.3 Å². The van der Waals surface area contributed by atoms with Gasteiger partial charge in [-0.3, -0.25) is 0 Å². The van der Waals surface area contributed by atoms with Gasteiger partial charge in [-0.25, -0.2) is 4.39 Å². The van der Waals surface area contributed by atoms with Gasteiger partial charge in [-0.05, 0) is 50.9 Å². The zero-order valence-corrected chi connectivity index (χ0v) is 11.1. The standard InChI is InChI=1S/C15H22FNO/c1-11(2)17-9-3-4-13(10-17)15(18)12-5-7-14(16)8-6-12/h5-8,11,13,15,18H,3-4,9-10H2,1-2H3. The fraction of sp³-hybridized carbons (Fsp3) is 0.600. The quantitative estimate of drug-likeness (QED) is 0.892. The van der Waals surface area contributed by atoms with E-state index >= 15 is 0 Å². The molecule has 0 amide bonds.